The Morgan fingerprint density at radius 2 is 2.00 bits per heavy atom. The molecule has 2 aromatic rings. The molecule has 12 heavy (non-hydrogen) atoms. The van der Waals surface area contributed by atoms with Crippen molar-refractivity contribution in [1.29, 1.82) is 0 Å². The van der Waals surface area contributed by atoms with Crippen LogP contribution in [0.3, 0.4) is 0 Å². The van der Waals surface area contributed by atoms with Crippen molar-refractivity contribution in [3.05, 3.63) is 36.5 Å². The van der Waals surface area contributed by atoms with Crippen molar-refractivity contribution >= 4 is 23.8 Å². The molecule has 0 aliphatic heterocycles. The van der Waals surface area contributed by atoms with Crippen LogP contribution in [0.2, 0.25) is 0 Å². The summed E-state index contributed by atoms with van der Waals surface area (Å²) in [6.07, 6.45) is 1.72. The minimum absolute atomic E-state index is 0.758. The van der Waals surface area contributed by atoms with Gasteiger partial charge >= 0.3 is 7.48 Å². The van der Waals surface area contributed by atoms with Gasteiger partial charge in [-0.25, -0.2) is 0 Å². The Hall–Kier alpha value is -1.35. The molecule has 1 aromatic carbocycles. The molecule has 57 valence electrons. The first-order valence-corrected chi connectivity index (χ1v) is 3.73. The molecule has 0 amide bonds. The average Bonchev–Trinajstić information content (AvgIpc) is 2.17. The molecule has 0 spiro atoms. The smallest absolute Gasteiger partial charge is 0.329 e. The van der Waals surface area contributed by atoms with Crippen LogP contribution in [0.1, 0.15) is 0 Å². The van der Waals surface area contributed by atoms with Gasteiger partial charge in [0.25, 0.3) is 0 Å². The summed E-state index contributed by atoms with van der Waals surface area (Å²) < 4.78 is 0. The molecule has 1 radical (unpaired) electrons. The molecular weight excluding hydrogens is 149 g/mol. The van der Waals surface area contributed by atoms with Gasteiger partial charge < -0.3 is 5.02 Å². The minimum Gasteiger partial charge on any atom is -0.450 e. The number of nitrogens with zero attached hydrogens (tertiary/aromatic N) is 1. The topological polar surface area (TPSA) is 33.1 Å². The van der Waals surface area contributed by atoms with Crippen LogP contribution >= 0.6 is 0 Å². The maximum Gasteiger partial charge on any atom is 0.329 e. The van der Waals surface area contributed by atoms with Gasteiger partial charge in [0.05, 0.1) is 5.52 Å². The van der Waals surface area contributed by atoms with Gasteiger partial charge in [0.2, 0.25) is 0 Å². The number of fused-ring (bicyclic) bond motifs is 1. The van der Waals surface area contributed by atoms with Crippen LogP contribution in [0, 0.1) is 0 Å². The summed E-state index contributed by atoms with van der Waals surface area (Å²) in [6.45, 7) is 0. The lowest BCUT2D eigenvalue weighted by Crippen LogP contribution is -2.14. The zero-order chi connectivity index (χ0) is 8.39. The molecule has 0 fully saturated rings. The third-order valence-electron chi connectivity index (χ3n) is 1.80. The van der Waals surface area contributed by atoms with Crippen LogP contribution in [0.25, 0.3) is 10.9 Å². The lowest BCUT2D eigenvalue weighted by Gasteiger charge is -1.99. The lowest BCUT2D eigenvalue weighted by molar-refractivity contribution is 0.615. The van der Waals surface area contributed by atoms with Gasteiger partial charge in [0.1, 0.15) is 0 Å². The molecule has 3 heteroatoms. The predicted octanol–water partition coefficient (Wildman–Crippen LogP) is 0.472. The largest absolute Gasteiger partial charge is 0.450 e. The molecule has 1 N–H and O–H groups in total. The van der Waals surface area contributed by atoms with E-state index in [2.05, 4.69) is 4.98 Å². The number of hydrogen-bond donors (Lipinski definition) is 1. The van der Waals surface area contributed by atoms with Crippen molar-refractivity contribution in [1.82, 2.24) is 4.98 Å². The van der Waals surface area contributed by atoms with Crippen LogP contribution in [-0.4, -0.2) is 17.5 Å². The van der Waals surface area contributed by atoms with E-state index in [0.29, 0.717) is 0 Å². The van der Waals surface area contributed by atoms with E-state index in [1.165, 1.54) is 0 Å². The van der Waals surface area contributed by atoms with Crippen LogP contribution in [-0.2, 0) is 0 Å². The number of aromatic nitrogens is 1. The van der Waals surface area contributed by atoms with Crippen molar-refractivity contribution in [2.45, 2.75) is 0 Å². The van der Waals surface area contributed by atoms with E-state index >= 15 is 0 Å². The Labute approximate surface area is 71.1 Å². The highest BCUT2D eigenvalue weighted by molar-refractivity contribution is 6.49. The first-order valence-electron chi connectivity index (χ1n) is 3.73. The highest BCUT2D eigenvalue weighted by atomic mass is 16.2. The maximum atomic E-state index is 8.87. The van der Waals surface area contributed by atoms with E-state index in [1.807, 2.05) is 30.3 Å². The van der Waals surface area contributed by atoms with E-state index in [-0.39, 0.29) is 0 Å². The fraction of sp³-hybridized carbons (Fsp3) is 0. The molecule has 0 saturated heterocycles. The van der Waals surface area contributed by atoms with E-state index in [4.69, 9.17) is 5.02 Å². The van der Waals surface area contributed by atoms with Crippen LogP contribution in [0.15, 0.2) is 36.5 Å². The van der Waals surface area contributed by atoms with E-state index in [0.717, 1.165) is 23.8 Å². The van der Waals surface area contributed by atoms with Gasteiger partial charge in [-0.05, 0) is 16.9 Å². The summed E-state index contributed by atoms with van der Waals surface area (Å²) in [5.74, 6) is 0. The molecule has 0 unspecified atom stereocenters. The molecule has 2 nitrogen and oxygen atoms in total. The molecule has 0 bridgehead atoms. The van der Waals surface area contributed by atoms with Gasteiger partial charge in [-0.15, -0.1) is 0 Å². The van der Waals surface area contributed by atoms with Crippen LogP contribution in [0.5, 0.6) is 0 Å². The van der Waals surface area contributed by atoms with Gasteiger partial charge in [0.15, 0.2) is 0 Å². The SMILES string of the molecule is O[B]c1cccc2cccnc12. The fourth-order valence-electron chi connectivity index (χ4n) is 1.23. The summed E-state index contributed by atoms with van der Waals surface area (Å²) >= 11 is 0. The fourth-order valence-corrected chi connectivity index (χ4v) is 1.23. The van der Waals surface area contributed by atoms with Crippen LogP contribution < -0.4 is 5.46 Å². The molecule has 2 rings (SSSR count). The molecule has 0 aliphatic rings. The molecule has 1 heterocycles. The Kier molecular flexibility index (Phi) is 1.80. The molecule has 1 aromatic heterocycles. The van der Waals surface area contributed by atoms with Crippen molar-refractivity contribution < 1.29 is 5.02 Å². The predicted molar refractivity (Wildman–Crippen MR) is 49.3 cm³/mol. The van der Waals surface area contributed by atoms with Crippen molar-refractivity contribution in [3.63, 3.8) is 0 Å². The number of pyridine rings is 1. The normalized spacial score (nSPS) is 10.1. The summed E-state index contributed by atoms with van der Waals surface area (Å²) in [6, 6.07) is 9.54. The first-order chi connectivity index (χ1) is 5.92. The lowest BCUT2D eigenvalue weighted by atomic mass is 9.87. The highest BCUT2D eigenvalue weighted by Crippen LogP contribution is 2.06. The second kappa shape index (κ2) is 2.95. The van der Waals surface area contributed by atoms with Crippen molar-refractivity contribution in [2.75, 3.05) is 0 Å². The molecule has 0 aliphatic carbocycles. The Bertz CT molecular complexity index is 397. The molecular formula is C9H7BNO. The molecule has 0 atom stereocenters. The summed E-state index contributed by atoms with van der Waals surface area (Å²) in [4.78, 5) is 4.16. The number of para-hydroxylation sites is 1. The Morgan fingerprint density at radius 3 is 2.83 bits per heavy atom. The van der Waals surface area contributed by atoms with Gasteiger partial charge in [-0.3, -0.25) is 4.98 Å². The quantitative estimate of drug-likeness (QED) is 0.608. The number of benzene rings is 1. The maximum absolute atomic E-state index is 8.87. The Morgan fingerprint density at radius 1 is 1.17 bits per heavy atom. The Balaban J connectivity index is 2.79. The summed E-state index contributed by atoms with van der Waals surface area (Å²) in [5, 5.41) is 9.91. The zero-order valence-corrected chi connectivity index (χ0v) is 6.44. The third-order valence-corrected chi connectivity index (χ3v) is 1.80. The first kappa shape index (κ1) is 7.31. The monoisotopic (exact) mass is 156 g/mol. The van der Waals surface area contributed by atoms with Crippen LogP contribution in [0.4, 0.5) is 0 Å². The van der Waals surface area contributed by atoms with E-state index < -0.39 is 0 Å². The molecule has 0 saturated carbocycles. The minimum atomic E-state index is 0.758. The van der Waals surface area contributed by atoms with E-state index in [1.54, 1.807) is 6.20 Å². The van der Waals surface area contributed by atoms with E-state index in [9.17, 15) is 0 Å². The second-order valence-corrected chi connectivity index (χ2v) is 2.55. The summed E-state index contributed by atoms with van der Waals surface area (Å²) in [7, 11) is 1.08. The van der Waals surface area contributed by atoms with Gasteiger partial charge in [-0.1, -0.05) is 24.3 Å². The van der Waals surface area contributed by atoms with Gasteiger partial charge in [0, 0.05) is 6.20 Å². The number of hydrogen-bond acceptors (Lipinski definition) is 2. The third kappa shape index (κ3) is 1.08. The standard InChI is InChI=1S/C9H7BNO/c12-10-8-5-1-3-7-4-2-6-11-9(7)8/h1-6,12H. The summed E-state index contributed by atoms with van der Waals surface area (Å²) in [5.41, 5.74) is 1.59. The number of rotatable bonds is 1. The zero-order valence-electron chi connectivity index (χ0n) is 6.44. The van der Waals surface area contributed by atoms with Crippen molar-refractivity contribution in [3.8, 4) is 0 Å². The van der Waals surface area contributed by atoms with Gasteiger partial charge in [-0.2, -0.15) is 0 Å². The van der Waals surface area contributed by atoms with Crippen molar-refractivity contribution in [2.24, 2.45) is 0 Å². The highest BCUT2D eigenvalue weighted by Gasteiger charge is 2.00. The average molecular weight is 156 g/mol. The second-order valence-electron chi connectivity index (χ2n) is 2.55.